The Morgan fingerprint density at radius 1 is 1.24 bits per heavy atom. The maximum atomic E-state index is 12.2. The molecule has 2 rings (SSSR count). The molecule has 0 unspecified atom stereocenters. The molecule has 0 atom stereocenters. The van der Waals surface area contributed by atoms with Gasteiger partial charge in [0.05, 0.1) is 18.6 Å². The highest BCUT2D eigenvalue weighted by atomic mass is 35.5. The first-order valence-corrected chi connectivity index (χ1v) is 11.2. The number of ether oxygens (including phenoxy) is 1. The molecular formula is C19H28ClN5O3S. The van der Waals surface area contributed by atoms with Gasteiger partial charge in [0.15, 0.2) is 5.96 Å². The molecule has 10 heteroatoms. The summed E-state index contributed by atoms with van der Waals surface area (Å²) in [6.07, 6.45) is 3.96. The van der Waals surface area contributed by atoms with E-state index in [1.807, 2.05) is 19.1 Å². The number of halogens is 1. The number of sulfonamides is 1. The molecule has 0 aliphatic carbocycles. The first-order valence-electron chi connectivity index (χ1n) is 9.32. The van der Waals surface area contributed by atoms with Gasteiger partial charge in [-0.05, 0) is 37.1 Å². The molecule has 0 aliphatic heterocycles. The minimum atomic E-state index is -3.52. The molecule has 1 aromatic carbocycles. The molecular weight excluding hydrogens is 414 g/mol. The van der Waals surface area contributed by atoms with E-state index in [0.29, 0.717) is 37.0 Å². The van der Waals surface area contributed by atoms with Gasteiger partial charge >= 0.3 is 0 Å². The van der Waals surface area contributed by atoms with E-state index in [2.05, 4.69) is 20.3 Å². The lowest BCUT2D eigenvalue weighted by atomic mass is 10.1. The number of aliphatic imine (C=N–C) groups is 1. The van der Waals surface area contributed by atoms with Gasteiger partial charge in [-0.1, -0.05) is 17.7 Å². The maximum Gasteiger partial charge on any atom is 0.242 e. The van der Waals surface area contributed by atoms with Gasteiger partial charge in [0, 0.05) is 44.1 Å². The van der Waals surface area contributed by atoms with E-state index in [0.717, 1.165) is 11.3 Å². The lowest BCUT2D eigenvalue weighted by molar-refractivity contribution is 0.414. The monoisotopic (exact) mass is 441 g/mol. The summed E-state index contributed by atoms with van der Waals surface area (Å²) in [6, 6.07) is 7.15. The van der Waals surface area contributed by atoms with Crippen LogP contribution in [-0.4, -0.2) is 52.2 Å². The predicted octanol–water partition coefficient (Wildman–Crippen LogP) is 1.76. The van der Waals surface area contributed by atoms with Crippen molar-refractivity contribution in [2.24, 2.45) is 12.0 Å². The Kier molecular flexibility index (Phi) is 8.81. The number of methoxy groups -OCH3 is 1. The average Bonchev–Trinajstić information content (AvgIpc) is 3.13. The second kappa shape index (κ2) is 11.1. The van der Waals surface area contributed by atoms with Crippen LogP contribution in [0.2, 0.25) is 5.02 Å². The SMILES string of the molecule is CCNC(=NCCNS(=O)(=O)c1ccn(C)c1)NCCc1ccc(OC)cc1Cl. The van der Waals surface area contributed by atoms with Gasteiger partial charge in [0.1, 0.15) is 5.75 Å². The topological polar surface area (TPSA) is 96.8 Å². The number of hydrogen-bond acceptors (Lipinski definition) is 4. The zero-order valence-corrected chi connectivity index (χ0v) is 18.5. The molecule has 3 N–H and O–H groups in total. The van der Waals surface area contributed by atoms with Gasteiger partial charge < -0.3 is 19.9 Å². The summed E-state index contributed by atoms with van der Waals surface area (Å²) in [5.41, 5.74) is 1.01. The third-order valence-electron chi connectivity index (χ3n) is 4.08. The van der Waals surface area contributed by atoms with E-state index < -0.39 is 10.0 Å². The van der Waals surface area contributed by atoms with Crippen molar-refractivity contribution in [2.45, 2.75) is 18.2 Å². The molecule has 2 aromatic rings. The molecule has 1 aromatic heterocycles. The molecule has 0 bridgehead atoms. The Labute approximate surface area is 177 Å². The molecule has 0 aliphatic rings. The summed E-state index contributed by atoms with van der Waals surface area (Å²) in [4.78, 5) is 4.65. The third kappa shape index (κ3) is 7.26. The molecule has 0 fully saturated rings. The number of rotatable bonds is 10. The van der Waals surface area contributed by atoms with Gasteiger partial charge in [0.2, 0.25) is 10.0 Å². The van der Waals surface area contributed by atoms with Gasteiger partial charge in [-0.3, -0.25) is 4.99 Å². The van der Waals surface area contributed by atoms with Crippen molar-refractivity contribution in [1.29, 1.82) is 0 Å². The van der Waals surface area contributed by atoms with E-state index in [9.17, 15) is 8.42 Å². The standard InChI is InChI=1S/C19H28ClN5O3S/c1-4-21-19(22-9-7-15-5-6-16(28-3)13-18(15)20)23-10-11-24-29(26,27)17-8-12-25(2)14-17/h5-6,8,12-14,24H,4,7,9-11H2,1-3H3,(H2,21,22,23). The van der Waals surface area contributed by atoms with E-state index in [1.54, 1.807) is 43.3 Å². The summed E-state index contributed by atoms with van der Waals surface area (Å²) in [5, 5.41) is 7.02. The zero-order chi connectivity index (χ0) is 21.3. The Morgan fingerprint density at radius 2 is 2.03 bits per heavy atom. The Balaban J connectivity index is 1.83. The van der Waals surface area contributed by atoms with Crippen molar-refractivity contribution < 1.29 is 13.2 Å². The van der Waals surface area contributed by atoms with Crippen LogP contribution in [0.1, 0.15) is 12.5 Å². The van der Waals surface area contributed by atoms with E-state index in [4.69, 9.17) is 16.3 Å². The van der Waals surface area contributed by atoms with Gasteiger partial charge in [-0.15, -0.1) is 0 Å². The highest BCUT2D eigenvalue weighted by molar-refractivity contribution is 7.89. The number of aryl methyl sites for hydroxylation is 1. The fraction of sp³-hybridized carbons (Fsp3) is 0.421. The summed E-state index contributed by atoms with van der Waals surface area (Å²) in [5.74, 6) is 1.34. The van der Waals surface area contributed by atoms with Crippen molar-refractivity contribution in [1.82, 2.24) is 19.9 Å². The Morgan fingerprint density at radius 3 is 2.66 bits per heavy atom. The van der Waals surface area contributed by atoms with E-state index in [-0.39, 0.29) is 11.4 Å². The first kappa shape index (κ1) is 23.1. The minimum absolute atomic E-state index is 0.206. The van der Waals surface area contributed by atoms with Crippen LogP contribution in [0.3, 0.4) is 0 Å². The summed E-state index contributed by atoms with van der Waals surface area (Å²) in [6.45, 7) is 3.82. The zero-order valence-electron chi connectivity index (χ0n) is 16.9. The number of guanidine groups is 1. The van der Waals surface area contributed by atoms with Crippen LogP contribution in [0.15, 0.2) is 46.5 Å². The predicted molar refractivity (Wildman–Crippen MR) is 116 cm³/mol. The second-order valence-corrected chi connectivity index (χ2v) is 8.48. The number of nitrogens with one attached hydrogen (secondary N) is 3. The molecule has 0 spiro atoms. The van der Waals surface area contributed by atoms with Crippen molar-refractivity contribution >= 4 is 27.6 Å². The quantitative estimate of drug-likeness (QED) is 0.296. The number of benzene rings is 1. The lowest BCUT2D eigenvalue weighted by Gasteiger charge is -2.12. The van der Waals surface area contributed by atoms with Crippen molar-refractivity contribution in [3.63, 3.8) is 0 Å². The highest BCUT2D eigenvalue weighted by Crippen LogP contribution is 2.22. The maximum absolute atomic E-state index is 12.2. The van der Waals surface area contributed by atoms with Crippen LogP contribution in [0, 0.1) is 0 Å². The Bertz CT molecular complexity index is 928. The highest BCUT2D eigenvalue weighted by Gasteiger charge is 2.13. The fourth-order valence-corrected chi connectivity index (χ4v) is 3.92. The first-order chi connectivity index (χ1) is 13.9. The molecule has 1 heterocycles. The molecule has 0 saturated heterocycles. The number of nitrogens with zero attached hydrogens (tertiary/aromatic N) is 2. The van der Waals surface area contributed by atoms with Crippen LogP contribution in [0.25, 0.3) is 0 Å². The summed E-state index contributed by atoms with van der Waals surface area (Å²) in [7, 11) is -0.141. The number of aromatic nitrogens is 1. The van der Waals surface area contributed by atoms with E-state index >= 15 is 0 Å². The van der Waals surface area contributed by atoms with Crippen LogP contribution in [-0.2, 0) is 23.5 Å². The van der Waals surface area contributed by atoms with Crippen LogP contribution in [0.4, 0.5) is 0 Å². The molecule has 0 radical (unpaired) electrons. The molecule has 0 saturated carbocycles. The minimum Gasteiger partial charge on any atom is -0.497 e. The van der Waals surface area contributed by atoms with Gasteiger partial charge in [-0.25, -0.2) is 13.1 Å². The molecule has 29 heavy (non-hydrogen) atoms. The van der Waals surface area contributed by atoms with Gasteiger partial charge in [0.25, 0.3) is 0 Å². The van der Waals surface area contributed by atoms with Crippen LogP contribution >= 0.6 is 11.6 Å². The van der Waals surface area contributed by atoms with Crippen molar-refractivity contribution in [2.75, 3.05) is 33.3 Å². The lowest BCUT2D eigenvalue weighted by Crippen LogP contribution is -2.39. The largest absolute Gasteiger partial charge is 0.497 e. The third-order valence-corrected chi connectivity index (χ3v) is 5.88. The molecule has 160 valence electrons. The van der Waals surface area contributed by atoms with Crippen molar-refractivity contribution in [3.05, 3.63) is 47.2 Å². The molecule has 0 amide bonds. The van der Waals surface area contributed by atoms with Gasteiger partial charge in [-0.2, -0.15) is 0 Å². The summed E-state index contributed by atoms with van der Waals surface area (Å²) < 4.78 is 33.8. The van der Waals surface area contributed by atoms with Crippen LogP contribution in [0.5, 0.6) is 5.75 Å². The Hall–Kier alpha value is -2.23. The smallest absolute Gasteiger partial charge is 0.242 e. The van der Waals surface area contributed by atoms with E-state index in [1.165, 1.54) is 0 Å². The fourth-order valence-electron chi connectivity index (χ4n) is 2.58. The van der Waals surface area contributed by atoms with Crippen LogP contribution < -0.4 is 20.1 Å². The average molecular weight is 442 g/mol. The number of hydrogen-bond donors (Lipinski definition) is 3. The summed E-state index contributed by atoms with van der Waals surface area (Å²) >= 11 is 6.26. The second-order valence-electron chi connectivity index (χ2n) is 6.31. The normalized spacial score (nSPS) is 12.1. The molecule has 8 nitrogen and oxygen atoms in total. The van der Waals surface area contributed by atoms with Crippen molar-refractivity contribution in [3.8, 4) is 5.75 Å².